The van der Waals surface area contributed by atoms with E-state index < -0.39 is 0 Å². The second kappa shape index (κ2) is 7.25. The van der Waals surface area contributed by atoms with E-state index in [0.29, 0.717) is 49.6 Å². The number of aromatic nitrogens is 4. The predicted molar refractivity (Wildman–Crippen MR) is 88.9 cm³/mol. The third-order valence-electron chi connectivity index (χ3n) is 3.99. The van der Waals surface area contributed by atoms with E-state index in [0.717, 1.165) is 6.42 Å². The summed E-state index contributed by atoms with van der Waals surface area (Å²) in [4.78, 5) is 12.0. The normalized spacial score (nSPS) is 14.2. The van der Waals surface area contributed by atoms with E-state index in [1.54, 1.807) is 23.8 Å². The van der Waals surface area contributed by atoms with Gasteiger partial charge in [-0.15, -0.1) is 27.6 Å². The lowest BCUT2D eigenvalue weighted by molar-refractivity contribution is -0.121. The van der Waals surface area contributed by atoms with Gasteiger partial charge in [0.15, 0.2) is 17.1 Å². The smallest absolute Gasteiger partial charge is 0.231 e. The molecule has 0 radical (unpaired) electrons. The Labute approximate surface area is 144 Å². The number of fused-ring (bicyclic) bond motifs is 1. The molecule has 3 heterocycles. The van der Waals surface area contributed by atoms with Crippen LogP contribution in [0, 0.1) is 12.3 Å². The molecule has 25 heavy (non-hydrogen) atoms. The fourth-order valence-electron chi connectivity index (χ4n) is 2.47. The van der Waals surface area contributed by atoms with Gasteiger partial charge in [-0.3, -0.25) is 4.79 Å². The standard InChI is InChI=1S/C16H19N7O2/c1-3-4-9-16(21-22-16)10-11-17-14(24)7-5-12-18-19-13-6-8-15(25-2)20-23(12)13/h1,6,8H,4-5,7,9-11H2,2H3,(H,17,24). The van der Waals surface area contributed by atoms with Crippen molar-refractivity contribution in [2.75, 3.05) is 13.7 Å². The van der Waals surface area contributed by atoms with Gasteiger partial charge in [0.05, 0.1) is 7.11 Å². The Morgan fingerprint density at radius 3 is 2.92 bits per heavy atom. The molecule has 0 aliphatic carbocycles. The maximum Gasteiger partial charge on any atom is 0.231 e. The average molecular weight is 341 g/mol. The summed E-state index contributed by atoms with van der Waals surface area (Å²) in [7, 11) is 1.54. The summed E-state index contributed by atoms with van der Waals surface area (Å²) >= 11 is 0. The van der Waals surface area contributed by atoms with Gasteiger partial charge >= 0.3 is 0 Å². The first kappa shape index (κ1) is 16.8. The second-order valence-corrected chi connectivity index (χ2v) is 5.75. The van der Waals surface area contributed by atoms with Gasteiger partial charge in [-0.25, -0.2) is 0 Å². The third kappa shape index (κ3) is 4.09. The summed E-state index contributed by atoms with van der Waals surface area (Å²) < 4.78 is 6.68. The Morgan fingerprint density at radius 1 is 1.36 bits per heavy atom. The highest BCUT2D eigenvalue weighted by atomic mass is 16.5. The zero-order chi connectivity index (χ0) is 17.7. The average Bonchev–Trinajstić information content (AvgIpc) is 3.28. The SMILES string of the molecule is C#CCCC1(CCNC(=O)CCc2nnc3ccc(OC)nn23)N=N1. The van der Waals surface area contributed by atoms with Crippen LogP contribution in [-0.2, 0) is 11.2 Å². The zero-order valence-electron chi connectivity index (χ0n) is 14.0. The number of hydrogen-bond donors (Lipinski definition) is 1. The number of ether oxygens (including phenoxy) is 1. The number of carbonyl (C=O) groups excluding carboxylic acids is 1. The Morgan fingerprint density at radius 2 is 2.20 bits per heavy atom. The molecule has 0 fully saturated rings. The van der Waals surface area contributed by atoms with Gasteiger partial charge in [-0.2, -0.15) is 14.7 Å². The van der Waals surface area contributed by atoms with E-state index in [2.05, 4.69) is 36.8 Å². The Hall–Kier alpha value is -3.02. The topological polar surface area (TPSA) is 106 Å². The Bertz CT molecular complexity index is 831. The molecule has 1 aliphatic heterocycles. The first-order valence-electron chi connectivity index (χ1n) is 8.05. The van der Waals surface area contributed by atoms with Crippen LogP contribution in [0.1, 0.15) is 31.5 Å². The van der Waals surface area contributed by atoms with Crippen molar-refractivity contribution in [3.8, 4) is 18.2 Å². The van der Waals surface area contributed by atoms with Crippen molar-refractivity contribution in [1.29, 1.82) is 0 Å². The van der Waals surface area contributed by atoms with Crippen LogP contribution in [0.2, 0.25) is 0 Å². The number of aryl methyl sites for hydroxylation is 1. The molecular formula is C16H19N7O2. The minimum absolute atomic E-state index is 0.0626. The number of hydrogen-bond acceptors (Lipinski definition) is 7. The van der Waals surface area contributed by atoms with Gasteiger partial charge in [-0.05, 0) is 6.07 Å². The molecule has 0 saturated carbocycles. The fraction of sp³-hybridized carbons (Fsp3) is 0.500. The van der Waals surface area contributed by atoms with Gasteiger partial charge in [0.2, 0.25) is 11.8 Å². The van der Waals surface area contributed by atoms with Crippen molar-refractivity contribution < 1.29 is 9.53 Å². The molecule has 0 saturated heterocycles. The lowest BCUT2D eigenvalue weighted by Crippen LogP contribution is -2.28. The molecule has 1 aliphatic rings. The van der Waals surface area contributed by atoms with E-state index in [1.807, 2.05) is 0 Å². The molecule has 130 valence electrons. The van der Waals surface area contributed by atoms with Crippen LogP contribution in [0.3, 0.4) is 0 Å². The zero-order valence-corrected chi connectivity index (χ0v) is 14.0. The highest BCUT2D eigenvalue weighted by Crippen LogP contribution is 2.35. The fourth-order valence-corrected chi connectivity index (χ4v) is 2.47. The molecule has 2 aromatic heterocycles. The number of rotatable bonds is 9. The summed E-state index contributed by atoms with van der Waals surface area (Å²) in [6.07, 6.45) is 8.03. The minimum atomic E-state index is -0.372. The predicted octanol–water partition coefficient (Wildman–Crippen LogP) is 1.15. The summed E-state index contributed by atoms with van der Waals surface area (Å²) in [5.41, 5.74) is 0.243. The van der Waals surface area contributed by atoms with E-state index >= 15 is 0 Å². The highest BCUT2D eigenvalue weighted by Gasteiger charge is 2.38. The molecule has 9 heteroatoms. The number of carbonyl (C=O) groups is 1. The molecular weight excluding hydrogens is 322 g/mol. The van der Waals surface area contributed by atoms with Crippen LogP contribution in [0.4, 0.5) is 0 Å². The van der Waals surface area contributed by atoms with Gasteiger partial charge in [0.25, 0.3) is 0 Å². The van der Waals surface area contributed by atoms with E-state index in [-0.39, 0.29) is 11.6 Å². The quantitative estimate of drug-likeness (QED) is 0.689. The lowest BCUT2D eigenvalue weighted by atomic mass is 10.0. The van der Waals surface area contributed by atoms with Gasteiger partial charge in [0.1, 0.15) is 0 Å². The van der Waals surface area contributed by atoms with E-state index in [9.17, 15) is 4.79 Å². The Kier molecular flexibility index (Phi) is 4.88. The maximum atomic E-state index is 12.0. The summed E-state index contributed by atoms with van der Waals surface area (Å²) in [5.74, 6) is 3.60. The molecule has 3 rings (SSSR count). The molecule has 0 spiro atoms. The number of nitrogens with one attached hydrogen (secondary N) is 1. The van der Waals surface area contributed by atoms with Crippen LogP contribution >= 0.6 is 0 Å². The summed E-state index contributed by atoms with van der Waals surface area (Å²) in [6.45, 7) is 0.517. The number of nitrogens with zero attached hydrogens (tertiary/aromatic N) is 6. The van der Waals surface area contributed by atoms with Crippen molar-refractivity contribution in [2.45, 2.75) is 37.8 Å². The van der Waals surface area contributed by atoms with Crippen LogP contribution in [0.25, 0.3) is 5.65 Å². The molecule has 1 amide bonds. The van der Waals surface area contributed by atoms with E-state index in [4.69, 9.17) is 11.2 Å². The highest BCUT2D eigenvalue weighted by molar-refractivity contribution is 5.76. The number of terminal acetylenes is 1. The van der Waals surface area contributed by atoms with Crippen molar-refractivity contribution in [1.82, 2.24) is 25.1 Å². The van der Waals surface area contributed by atoms with Crippen molar-refractivity contribution in [2.24, 2.45) is 10.2 Å². The molecule has 9 nitrogen and oxygen atoms in total. The lowest BCUT2D eigenvalue weighted by Gasteiger charge is -2.09. The first-order valence-corrected chi connectivity index (χ1v) is 8.05. The van der Waals surface area contributed by atoms with Crippen molar-refractivity contribution in [3.63, 3.8) is 0 Å². The van der Waals surface area contributed by atoms with Crippen LogP contribution < -0.4 is 10.1 Å². The molecule has 0 bridgehead atoms. The van der Waals surface area contributed by atoms with Crippen LogP contribution in [0.15, 0.2) is 22.4 Å². The van der Waals surface area contributed by atoms with Crippen molar-refractivity contribution >= 4 is 11.6 Å². The summed E-state index contributed by atoms with van der Waals surface area (Å²) in [5, 5.41) is 23.3. The number of methoxy groups -OCH3 is 1. The Balaban J connectivity index is 1.46. The second-order valence-electron chi connectivity index (χ2n) is 5.75. The molecule has 1 N–H and O–H groups in total. The molecule has 2 aromatic rings. The third-order valence-corrected chi connectivity index (χ3v) is 3.99. The monoisotopic (exact) mass is 341 g/mol. The summed E-state index contributed by atoms with van der Waals surface area (Å²) in [6, 6.07) is 3.48. The van der Waals surface area contributed by atoms with Gasteiger partial charge < -0.3 is 10.1 Å². The molecule has 0 atom stereocenters. The van der Waals surface area contributed by atoms with Gasteiger partial charge in [0, 0.05) is 44.7 Å². The largest absolute Gasteiger partial charge is 0.480 e. The van der Waals surface area contributed by atoms with Crippen LogP contribution in [-0.4, -0.2) is 45.0 Å². The minimum Gasteiger partial charge on any atom is -0.480 e. The van der Waals surface area contributed by atoms with Crippen molar-refractivity contribution in [3.05, 3.63) is 18.0 Å². The maximum absolute atomic E-state index is 12.0. The molecule has 0 aromatic carbocycles. The van der Waals surface area contributed by atoms with E-state index in [1.165, 1.54) is 0 Å². The van der Waals surface area contributed by atoms with Gasteiger partial charge in [-0.1, -0.05) is 0 Å². The van der Waals surface area contributed by atoms with Crippen LogP contribution in [0.5, 0.6) is 5.88 Å². The first-order chi connectivity index (χ1) is 12.2. The number of amides is 1. The molecule has 0 unspecified atom stereocenters.